The number of hydrogen-bond donors (Lipinski definition) is 1. The summed E-state index contributed by atoms with van der Waals surface area (Å²) in [6, 6.07) is 20.8. The van der Waals surface area contributed by atoms with Crippen LogP contribution in [0.2, 0.25) is 0 Å². The van der Waals surface area contributed by atoms with E-state index >= 15 is 0 Å². The number of aryl methyl sites for hydroxylation is 2. The molecule has 0 aliphatic carbocycles. The minimum absolute atomic E-state index is 0.199. The highest BCUT2D eigenvalue weighted by atomic mass is 32.1. The molecule has 224 valence electrons. The molecule has 0 bridgehead atoms. The molecule has 3 aromatic carbocycles. The normalized spacial score (nSPS) is 14.5. The molecule has 0 fully saturated rings. The van der Waals surface area contributed by atoms with Gasteiger partial charge in [0.25, 0.3) is 11.5 Å². The van der Waals surface area contributed by atoms with E-state index in [2.05, 4.69) is 10.3 Å². The Morgan fingerprint density at radius 3 is 2.16 bits per heavy atom. The van der Waals surface area contributed by atoms with Crippen molar-refractivity contribution in [1.29, 1.82) is 0 Å². The first kappa shape index (κ1) is 30.4. The van der Waals surface area contributed by atoms with E-state index in [4.69, 9.17) is 9.47 Å². The van der Waals surface area contributed by atoms with Gasteiger partial charge in [0.2, 0.25) is 0 Å². The lowest BCUT2D eigenvalue weighted by molar-refractivity contribution is -0.139. The zero-order valence-electron chi connectivity index (χ0n) is 24.7. The highest BCUT2D eigenvalue weighted by Gasteiger charge is 2.33. The van der Waals surface area contributed by atoms with Gasteiger partial charge in [0.1, 0.15) is 0 Å². The fourth-order valence-electron chi connectivity index (χ4n) is 4.77. The van der Waals surface area contributed by atoms with Crippen LogP contribution < -0.4 is 20.2 Å². The number of esters is 2. The van der Waals surface area contributed by atoms with Crippen LogP contribution in [-0.2, 0) is 19.1 Å². The van der Waals surface area contributed by atoms with E-state index in [-0.39, 0.29) is 17.7 Å². The van der Waals surface area contributed by atoms with Gasteiger partial charge < -0.3 is 14.8 Å². The number of allylic oxidation sites excluding steroid dienone is 1. The summed E-state index contributed by atoms with van der Waals surface area (Å²) in [4.78, 5) is 56.6. The second-order valence-electron chi connectivity index (χ2n) is 10.3. The Labute approximate surface area is 257 Å². The smallest absolute Gasteiger partial charge is 0.338 e. The molecule has 1 amide bonds. The van der Waals surface area contributed by atoms with Gasteiger partial charge in [0, 0.05) is 5.69 Å². The molecule has 1 aliphatic rings. The average Bonchev–Trinajstić information content (AvgIpc) is 3.31. The maximum absolute atomic E-state index is 13.8. The average molecular weight is 610 g/mol. The van der Waals surface area contributed by atoms with Crippen LogP contribution in [0.4, 0.5) is 5.69 Å². The molecule has 5 rings (SSSR count). The summed E-state index contributed by atoms with van der Waals surface area (Å²) < 4.78 is 12.5. The number of hydrogen-bond acceptors (Lipinski definition) is 8. The van der Waals surface area contributed by atoms with Crippen molar-refractivity contribution >= 4 is 40.9 Å². The van der Waals surface area contributed by atoms with Crippen molar-refractivity contribution in [2.75, 3.05) is 18.5 Å². The second-order valence-corrected chi connectivity index (χ2v) is 11.3. The van der Waals surface area contributed by atoms with Gasteiger partial charge in [0.15, 0.2) is 11.4 Å². The Morgan fingerprint density at radius 2 is 1.52 bits per heavy atom. The first-order valence-electron chi connectivity index (χ1n) is 14.0. The molecule has 9 nitrogen and oxygen atoms in total. The van der Waals surface area contributed by atoms with Crippen LogP contribution in [0.1, 0.15) is 52.5 Å². The molecule has 1 aromatic heterocycles. The van der Waals surface area contributed by atoms with Crippen molar-refractivity contribution in [2.24, 2.45) is 4.99 Å². The Balaban J connectivity index is 1.37. The molecule has 1 N–H and O–H groups in total. The molecule has 1 aliphatic heterocycles. The van der Waals surface area contributed by atoms with Crippen molar-refractivity contribution in [3.8, 4) is 0 Å². The van der Waals surface area contributed by atoms with Gasteiger partial charge >= 0.3 is 11.9 Å². The van der Waals surface area contributed by atoms with Gasteiger partial charge in [-0.15, -0.1) is 0 Å². The van der Waals surface area contributed by atoms with E-state index in [0.29, 0.717) is 31.9 Å². The number of carbonyl (C=O) groups is 3. The molecule has 1 atom stereocenters. The Bertz CT molecular complexity index is 1940. The topological polar surface area (TPSA) is 116 Å². The number of anilines is 1. The third-order valence-corrected chi connectivity index (χ3v) is 8.01. The number of nitrogens with zero attached hydrogens (tertiary/aromatic N) is 2. The summed E-state index contributed by atoms with van der Waals surface area (Å²) in [5.41, 5.74) is 4.98. The van der Waals surface area contributed by atoms with Crippen LogP contribution in [-0.4, -0.2) is 35.6 Å². The molecule has 0 unspecified atom stereocenters. The van der Waals surface area contributed by atoms with Gasteiger partial charge in [-0.1, -0.05) is 71.0 Å². The van der Waals surface area contributed by atoms with Gasteiger partial charge in [-0.3, -0.25) is 14.2 Å². The van der Waals surface area contributed by atoms with Crippen LogP contribution in [0.3, 0.4) is 0 Å². The molecule has 0 saturated heterocycles. The number of nitrogens with one attached hydrogen (secondary N) is 1. The third kappa shape index (κ3) is 6.60. The summed E-state index contributed by atoms with van der Waals surface area (Å²) in [5, 5.41) is 2.68. The van der Waals surface area contributed by atoms with Crippen LogP contribution in [0.25, 0.3) is 6.08 Å². The number of carbonyl (C=O) groups excluding carboxylic acids is 3. The zero-order chi connectivity index (χ0) is 31.4. The van der Waals surface area contributed by atoms with E-state index < -0.39 is 30.5 Å². The third-order valence-electron chi connectivity index (χ3n) is 7.02. The quantitative estimate of drug-likeness (QED) is 0.299. The number of aromatic nitrogens is 1. The Morgan fingerprint density at radius 1 is 0.886 bits per heavy atom. The molecule has 0 spiro atoms. The molecule has 4 aromatic rings. The number of benzene rings is 3. The standard InChI is InChI=1S/C34H31N3O6S/c1-5-42-33(41)29-22(4)35-34-37(30(29)24-12-6-20(2)7-13-24)31(39)27(44-34)18-23-10-14-25(15-11-23)32(40)43-19-28(38)36-26-16-8-21(3)9-17-26/h6-18,30H,5,19H2,1-4H3,(H,36,38)/b27-18+/t30-/m0/s1. The summed E-state index contributed by atoms with van der Waals surface area (Å²) in [6.45, 7) is 7.17. The van der Waals surface area contributed by atoms with Crippen LogP contribution in [0, 0.1) is 13.8 Å². The van der Waals surface area contributed by atoms with E-state index in [9.17, 15) is 19.2 Å². The van der Waals surface area contributed by atoms with E-state index in [1.165, 1.54) is 15.9 Å². The van der Waals surface area contributed by atoms with Crippen molar-refractivity contribution < 1.29 is 23.9 Å². The molecule has 10 heteroatoms. The lowest BCUT2D eigenvalue weighted by Gasteiger charge is -2.24. The number of rotatable bonds is 8. The van der Waals surface area contributed by atoms with E-state index in [1.807, 2.05) is 50.2 Å². The molecular formula is C34H31N3O6S. The monoisotopic (exact) mass is 609 g/mol. The summed E-state index contributed by atoms with van der Waals surface area (Å²) in [7, 11) is 0. The predicted molar refractivity (Wildman–Crippen MR) is 168 cm³/mol. The summed E-state index contributed by atoms with van der Waals surface area (Å²) in [5.74, 6) is -1.60. The zero-order valence-corrected chi connectivity index (χ0v) is 25.6. The Hall–Kier alpha value is -5.09. The largest absolute Gasteiger partial charge is 0.463 e. The van der Waals surface area contributed by atoms with Crippen molar-refractivity contribution in [3.63, 3.8) is 0 Å². The van der Waals surface area contributed by atoms with Gasteiger partial charge in [0.05, 0.1) is 34.0 Å². The second kappa shape index (κ2) is 13.0. The Kier molecular flexibility index (Phi) is 9.01. The molecular weight excluding hydrogens is 578 g/mol. The number of thiazole rings is 1. The van der Waals surface area contributed by atoms with Crippen LogP contribution in [0.5, 0.6) is 0 Å². The highest BCUT2D eigenvalue weighted by molar-refractivity contribution is 7.07. The predicted octanol–water partition coefficient (Wildman–Crippen LogP) is 4.21. The van der Waals surface area contributed by atoms with Crippen molar-refractivity contribution in [1.82, 2.24) is 4.57 Å². The highest BCUT2D eigenvalue weighted by Crippen LogP contribution is 2.30. The fourth-order valence-corrected chi connectivity index (χ4v) is 5.82. The van der Waals surface area contributed by atoms with Crippen molar-refractivity contribution in [3.05, 3.63) is 132 Å². The fraction of sp³-hybridized carbons (Fsp3) is 0.206. The van der Waals surface area contributed by atoms with Gasteiger partial charge in [-0.05, 0) is 69.2 Å². The van der Waals surface area contributed by atoms with E-state index in [1.54, 1.807) is 56.3 Å². The van der Waals surface area contributed by atoms with Crippen molar-refractivity contribution in [2.45, 2.75) is 33.7 Å². The maximum Gasteiger partial charge on any atom is 0.338 e. The van der Waals surface area contributed by atoms with Crippen LogP contribution >= 0.6 is 11.3 Å². The number of amides is 1. The minimum atomic E-state index is -0.687. The lowest BCUT2D eigenvalue weighted by Crippen LogP contribution is -2.39. The first-order chi connectivity index (χ1) is 21.1. The lowest BCUT2D eigenvalue weighted by atomic mass is 9.95. The molecule has 0 saturated carbocycles. The first-order valence-corrected chi connectivity index (χ1v) is 14.9. The van der Waals surface area contributed by atoms with Gasteiger partial charge in [-0.2, -0.15) is 0 Å². The molecule has 2 heterocycles. The number of fused-ring (bicyclic) bond motifs is 1. The van der Waals surface area contributed by atoms with Gasteiger partial charge in [-0.25, -0.2) is 14.6 Å². The minimum Gasteiger partial charge on any atom is -0.463 e. The molecule has 0 radical (unpaired) electrons. The maximum atomic E-state index is 13.8. The van der Waals surface area contributed by atoms with E-state index in [0.717, 1.165) is 16.7 Å². The number of ether oxygens (including phenoxy) is 2. The summed E-state index contributed by atoms with van der Waals surface area (Å²) >= 11 is 1.22. The SMILES string of the molecule is CCOC(=O)C1=C(C)N=c2s/c(=C/c3ccc(C(=O)OCC(=O)Nc4ccc(C)cc4)cc3)c(=O)n2[C@H]1c1ccc(C)cc1. The van der Waals surface area contributed by atoms with Crippen LogP contribution in [0.15, 0.2) is 93.9 Å². The molecule has 44 heavy (non-hydrogen) atoms. The summed E-state index contributed by atoms with van der Waals surface area (Å²) in [6.07, 6.45) is 1.71.